The third kappa shape index (κ3) is 1.81. The molecule has 0 saturated heterocycles. The van der Waals surface area contributed by atoms with Gasteiger partial charge in [-0.05, 0) is 10.8 Å². The first-order valence-corrected chi connectivity index (χ1v) is 6.00. The van der Waals surface area contributed by atoms with Crippen LogP contribution >= 0.6 is 11.6 Å². The third-order valence-corrected chi connectivity index (χ3v) is 3.09. The normalized spacial score (nSPS) is 10.9. The van der Waals surface area contributed by atoms with Crippen LogP contribution in [0, 0.1) is 0 Å². The van der Waals surface area contributed by atoms with Gasteiger partial charge in [-0.25, -0.2) is 4.98 Å². The van der Waals surface area contributed by atoms with E-state index >= 15 is 0 Å². The number of nitrogens with zero attached hydrogens (tertiary/aromatic N) is 1. The van der Waals surface area contributed by atoms with Gasteiger partial charge in [-0.2, -0.15) is 0 Å². The van der Waals surface area contributed by atoms with Gasteiger partial charge in [-0.3, -0.25) is 0 Å². The number of halogens is 1. The average Bonchev–Trinajstić information content (AvgIpc) is 2.87. The summed E-state index contributed by atoms with van der Waals surface area (Å²) in [5.74, 6) is 1.21. The zero-order valence-electron chi connectivity index (χ0n) is 9.15. The highest BCUT2D eigenvalue weighted by Gasteiger charge is 2.05. The second-order valence-electron chi connectivity index (χ2n) is 3.90. The van der Waals surface area contributed by atoms with Crippen LogP contribution in [-0.4, -0.2) is 9.97 Å². The Morgan fingerprint density at radius 3 is 2.71 bits per heavy atom. The lowest BCUT2D eigenvalue weighted by Crippen LogP contribution is -1.82. The molecule has 84 valence electrons. The minimum atomic E-state index is 0.408. The Hall–Kier alpha value is -1.80. The number of aromatic nitrogens is 2. The van der Waals surface area contributed by atoms with E-state index in [2.05, 4.69) is 40.3 Å². The first-order valence-electron chi connectivity index (χ1n) is 5.46. The molecule has 1 aromatic heterocycles. The fourth-order valence-corrected chi connectivity index (χ4v) is 2.16. The molecule has 0 atom stereocenters. The molecule has 0 unspecified atom stereocenters. The van der Waals surface area contributed by atoms with Gasteiger partial charge in [0.15, 0.2) is 0 Å². The predicted octanol–water partition coefficient (Wildman–Crippen LogP) is 3.97. The van der Waals surface area contributed by atoms with Crippen molar-refractivity contribution in [3.05, 3.63) is 54.5 Å². The maximum Gasteiger partial charge on any atom is 0.121 e. The van der Waals surface area contributed by atoms with Gasteiger partial charge in [-0.1, -0.05) is 42.5 Å². The number of H-pyrrole nitrogens is 1. The number of nitrogens with one attached hydrogen (secondary N) is 1. The number of alkyl halides is 1. The first-order chi connectivity index (χ1) is 8.38. The van der Waals surface area contributed by atoms with E-state index in [1.54, 1.807) is 0 Å². The quantitative estimate of drug-likeness (QED) is 0.677. The molecule has 3 rings (SSSR count). The summed E-state index contributed by atoms with van der Waals surface area (Å²) >= 11 is 5.75. The van der Waals surface area contributed by atoms with Crippen LogP contribution in [-0.2, 0) is 5.88 Å². The molecule has 1 N–H and O–H groups in total. The second-order valence-corrected chi connectivity index (χ2v) is 4.17. The number of hydrogen-bond acceptors (Lipinski definition) is 1. The summed E-state index contributed by atoms with van der Waals surface area (Å²) in [6, 6.07) is 14.6. The Labute approximate surface area is 104 Å². The summed E-state index contributed by atoms with van der Waals surface area (Å²) in [6.45, 7) is 0. The first kappa shape index (κ1) is 10.4. The van der Waals surface area contributed by atoms with Gasteiger partial charge in [0.05, 0.1) is 17.8 Å². The van der Waals surface area contributed by atoms with Crippen molar-refractivity contribution in [1.29, 1.82) is 0 Å². The Bertz CT molecular complexity index is 653. The summed E-state index contributed by atoms with van der Waals surface area (Å²) in [5.41, 5.74) is 2.17. The Morgan fingerprint density at radius 2 is 1.88 bits per heavy atom. The number of benzene rings is 2. The van der Waals surface area contributed by atoms with Crippen molar-refractivity contribution in [2.24, 2.45) is 0 Å². The lowest BCUT2D eigenvalue weighted by molar-refractivity contribution is 1.12. The van der Waals surface area contributed by atoms with E-state index < -0.39 is 0 Å². The van der Waals surface area contributed by atoms with E-state index in [4.69, 9.17) is 11.6 Å². The average molecular weight is 243 g/mol. The predicted molar refractivity (Wildman–Crippen MR) is 71.1 cm³/mol. The molecule has 0 amide bonds. The number of fused-ring (bicyclic) bond motifs is 1. The Kier molecular flexibility index (Phi) is 2.57. The van der Waals surface area contributed by atoms with Crippen LogP contribution in [0.1, 0.15) is 5.82 Å². The minimum Gasteiger partial charge on any atom is -0.341 e. The van der Waals surface area contributed by atoms with Crippen LogP contribution in [0.5, 0.6) is 0 Å². The van der Waals surface area contributed by atoms with Gasteiger partial charge in [0, 0.05) is 5.56 Å². The third-order valence-electron chi connectivity index (χ3n) is 2.83. The van der Waals surface area contributed by atoms with Gasteiger partial charge in [0.1, 0.15) is 5.82 Å². The summed E-state index contributed by atoms with van der Waals surface area (Å²) in [6.07, 6.45) is 1.83. The molecule has 0 aliphatic carbocycles. The summed E-state index contributed by atoms with van der Waals surface area (Å²) < 4.78 is 0. The van der Waals surface area contributed by atoms with Crippen LogP contribution in [0.2, 0.25) is 0 Å². The molecule has 0 saturated carbocycles. The highest BCUT2D eigenvalue weighted by Crippen LogP contribution is 2.27. The van der Waals surface area contributed by atoms with E-state index in [0.717, 1.165) is 17.1 Å². The molecular weight excluding hydrogens is 232 g/mol. The number of aromatic amines is 1. The molecule has 3 heteroatoms. The van der Waals surface area contributed by atoms with Gasteiger partial charge < -0.3 is 4.98 Å². The van der Waals surface area contributed by atoms with E-state index in [1.165, 1.54) is 10.8 Å². The lowest BCUT2D eigenvalue weighted by Gasteiger charge is -2.03. The zero-order chi connectivity index (χ0) is 11.7. The molecule has 0 aliphatic heterocycles. The van der Waals surface area contributed by atoms with Gasteiger partial charge in [0.2, 0.25) is 0 Å². The lowest BCUT2D eigenvalue weighted by atomic mass is 10.0. The van der Waals surface area contributed by atoms with Gasteiger partial charge in [-0.15, -0.1) is 11.6 Å². The molecule has 1 heterocycles. The topological polar surface area (TPSA) is 28.7 Å². The van der Waals surface area contributed by atoms with Crippen molar-refractivity contribution in [2.75, 3.05) is 0 Å². The smallest absolute Gasteiger partial charge is 0.121 e. The molecule has 2 nitrogen and oxygen atoms in total. The molecule has 0 fully saturated rings. The molecule has 17 heavy (non-hydrogen) atoms. The maximum absolute atomic E-state index is 5.75. The fraction of sp³-hybridized carbons (Fsp3) is 0.0714. The van der Waals surface area contributed by atoms with Crippen molar-refractivity contribution >= 4 is 22.4 Å². The van der Waals surface area contributed by atoms with Crippen molar-refractivity contribution in [1.82, 2.24) is 9.97 Å². The molecule has 3 aromatic rings. The number of hydrogen-bond donors (Lipinski definition) is 1. The molecule has 0 bridgehead atoms. The summed E-state index contributed by atoms with van der Waals surface area (Å²) in [4.78, 5) is 7.46. The summed E-state index contributed by atoms with van der Waals surface area (Å²) in [5, 5.41) is 2.45. The summed E-state index contributed by atoms with van der Waals surface area (Å²) in [7, 11) is 0. The Balaban J connectivity index is 2.23. The van der Waals surface area contributed by atoms with Crippen molar-refractivity contribution in [3.8, 4) is 11.3 Å². The van der Waals surface area contributed by atoms with E-state index in [1.807, 2.05) is 18.3 Å². The number of rotatable bonds is 2. The van der Waals surface area contributed by atoms with Crippen LogP contribution in [0.15, 0.2) is 48.7 Å². The van der Waals surface area contributed by atoms with Crippen LogP contribution in [0.25, 0.3) is 22.0 Å². The highest BCUT2D eigenvalue weighted by molar-refractivity contribution is 6.16. The maximum atomic E-state index is 5.75. The van der Waals surface area contributed by atoms with E-state index in [0.29, 0.717) is 5.88 Å². The van der Waals surface area contributed by atoms with Crippen molar-refractivity contribution in [2.45, 2.75) is 5.88 Å². The monoisotopic (exact) mass is 242 g/mol. The van der Waals surface area contributed by atoms with Crippen molar-refractivity contribution in [3.63, 3.8) is 0 Å². The fourth-order valence-electron chi connectivity index (χ4n) is 2.03. The van der Waals surface area contributed by atoms with Gasteiger partial charge in [0.25, 0.3) is 0 Å². The largest absolute Gasteiger partial charge is 0.341 e. The van der Waals surface area contributed by atoms with Crippen LogP contribution in [0.4, 0.5) is 0 Å². The molecule has 0 spiro atoms. The standard InChI is InChI=1S/C14H11ClN2/c15-8-14-16-9-13(17-14)12-7-3-5-10-4-1-2-6-11(10)12/h1-7,9H,8H2,(H,16,17). The van der Waals surface area contributed by atoms with Gasteiger partial charge >= 0.3 is 0 Å². The second kappa shape index (κ2) is 4.22. The zero-order valence-corrected chi connectivity index (χ0v) is 9.91. The SMILES string of the molecule is ClCc1ncc(-c2cccc3ccccc23)[nH]1. The number of imidazole rings is 1. The Morgan fingerprint density at radius 1 is 1.06 bits per heavy atom. The highest BCUT2D eigenvalue weighted by atomic mass is 35.5. The molecular formula is C14H11ClN2. The minimum absolute atomic E-state index is 0.408. The molecule has 0 radical (unpaired) electrons. The van der Waals surface area contributed by atoms with E-state index in [-0.39, 0.29) is 0 Å². The molecule has 2 aromatic carbocycles. The van der Waals surface area contributed by atoms with Crippen molar-refractivity contribution < 1.29 is 0 Å². The van der Waals surface area contributed by atoms with E-state index in [9.17, 15) is 0 Å². The van der Waals surface area contributed by atoms with Crippen LogP contribution in [0.3, 0.4) is 0 Å². The molecule has 0 aliphatic rings. The van der Waals surface area contributed by atoms with Crippen LogP contribution < -0.4 is 0 Å².